The van der Waals surface area contributed by atoms with E-state index in [1.54, 1.807) is 55.8 Å². The Morgan fingerprint density at radius 1 is 1.08 bits per heavy atom. The topological polar surface area (TPSA) is 77.2 Å². The molecule has 0 bridgehead atoms. The maximum Gasteiger partial charge on any atom is 0.255 e. The van der Waals surface area contributed by atoms with E-state index in [1.165, 1.54) is 0 Å². The second-order valence-corrected chi connectivity index (χ2v) is 5.60. The number of carbonyl (C=O) groups excluding carboxylic acids is 1. The summed E-state index contributed by atoms with van der Waals surface area (Å²) in [7, 11) is 1.60. The fraction of sp³-hybridized carbons (Fsp3) is 0.0500. The number of methoxy groups -OCH3 is 1. The van der Waals surface area contributed by atoms with Gasteiger partial charge < -0.3 is 14.5 Å². The lowest BCUT2D eigenvalue weighted by atomic mass is 10.2. The number of nitrogens with zero attached hydrogens (tertiary/aromatic N) is 2. The molecule has 1 N–H and O–H groups in total. The number of hydrogen-bond donors (Lipinski definition) is 1. The van der Waals surface area contributed by atoms with Crippen molar-refractivity contribution in [3.63, 3.8) is 0 Å². The van der Waals surface area contributed by atoms with Crippen LogP contribution in [0.1, 0.15) is 10.4 Å². The van der Waals surface area contributed by atoms with E-state index in [0.29, 0.717) is 33.9 Å². The zero-order valence-electron chi connectivity index (χ0n) is 14.0. The average Bonchev–Trinajstić information content (AvgIpc) is 3.12. The van der Waals surface area contributed by atoms with Gasteiger partial charge in [-0.3, -0.25) is 9.78 Å². The maximum atomic E-state index is 12.5. The van der Waals surface area contributed by atoms with Crippen LogP contribution in [0.4, 0.5) is 5.69 Å². The van der Waals surface area contributed by atoms with Crippen LogP contribution in [0.2, 0.25) is 0 Å². The van der Waals surface area contributed by atoms with Crippen LogP contribution in [0.3, 0.4) is 0 Å². The molecule has 26 heavy (non-hydrogen) atoms. The summed E-state index contributed by atoms with van der Waals surface area (Å²) in [6.45, 7) is 0. The number of anilines is 1. The van der Waals surface area contributed by atoms with Gasteiger partial charge in [-0.05, 0) is 54.6 Å². The molecule has 2 aromatic heterocycles. The van der Waals surface area contributed by atoms with Gasteiger partial charge >= 0.3 is 0 Å². The van der Waals surface area contributed by atoms with Gasteiger partial charge in [-0.2, -0.15) is 0 Å². The molecule has 0 aliphatic heterocycles. The molecule has 6 heteroatoms. The molecule has 0 aliphatic carbocycles. The summed E-state index contributed by atoms with van der Waals surface area (Å²) in [5.74, 6) is 0.932. The van der Waals surface area contributed by atoms with Crippen LogP contribution in [0.5, 0.6) is 5.75 Å². The van der Waals surface area contributed by atoms with E-state index in [0.717, 1.165) is 5.75 Å². The lowest BCUT2D eigenvalue weighted by Gasteiger charge is -2.06. The summed E-state index contributed by atoms with van der Waals surface area (Å²) >= 11 is 0. The fourth-order valence-electron chi connectivity index (χ4n) is 2.55. The lowest BCUT2D eigenvalue weighted by Crippen LogP contribution is -2.11. The number of carbonyl (C=O) groups is 1. The second-order valence-electron chi connectivity index (χ2n) is 5.60. The first kappa shape index (κ1) is 15.8. The Labute approximate surface area is 149 Å². The van der Waals surface area contributed by atoms with Crippen LogP contribution in [0.25, 0.3) is 22.7 Å². The smallest absolute Gasteiger partial charge is 0.255 e. The molecule has 2 aromatic carbocycles. The van der Waals surface area contributed by atoms with Gasteiger partial charge in [0.2, 0.25) is 5.89 Å². The predicted molar refractivity (Wildman–Crippen MR) is 98.2 cm³/mol. The molecule has 2 heterocycles. The largest absolute Gasteiger partial charge is 0.497 e. The van der Waals surface area contributed by atoms with E-state index in [2.05, 4.69) is 15.3 Å². The predicted octanol–water partition coefficient (Wildman–Crippen LogP) is 4.15. The number of rotatable bonds is 4. The maximum absolute atomic E-state index is 12.5. The Kier molecular flexibility index (Phi) is 4.07. The van der Waals surface area contributed by atoms with Gasteiger partial charge in [0.05, 0.1) is 7.11 Å². The number of nitrogens with one attached hydrogen (secondary N) is 1. The van der Waals surface area contributed by atoms with Gasteiger partial charge in [-0.15, -0.1) is 0 Å². The third-order valence-corrected chi connectivity index (χ3v) is 3.88. The van der Waals surface area contributed by atoms with Crippen molar-refractivity contribution in [2.45, 2.75) is 0 Å². The Balaban J connectivity index is 1.59. The molecular weight excluding hydrogens is 330 g/mol. The first-order valence-electron chi connectivity index (χ1n) is 8.00. The van der Waals surface area contributed by atoms with Crippen LogP contribution >= 0.6 is 0 Å². The molecule has 0 aliphatic rings. The highest BCUT2D eigenvalue weighted by Gasteiger charge is 2.12. The molecule has 0 atom stereocenters. The van der Waals surface area contributed by atoms with Crippen molar-refractivity contribution >= 4 is 22.7 Å². The van der Waals surface area contributed by atoms with Crippen molar-refractivity contribution in [1.29, 1.82) is 0 Å². The third kappa shape index (κ3) is 3.12. The van der Waals surface area contributed by atoms with Crippen molar-refractivity contribution in [3.05, 3.63) is 72.4 Å². The molecule has 0 saturated carbocycles. The first-order valence-corrected chi connectivity index (χ1v) is 8.00. The van der Waals surface area contributed by atoms with E-state index in [-0.39, 0.29) is 5.91 Å². The average molecular weight is 345 g/mol. The number of fused-ring (bicyclic) bond motifs is 1. The number of ether oxygens (including phenoxy) is 1. The van der Waals surface area contributed by atoms with Crippen LogP contribution in [0, 0.1) is 0 Å². The molecule has 0 radical (unpaired) electrons. The number of oxazole rings is 1. The summed E-state index contributed by atoms with van der Waals surface area (Å²) in [6, 6.07) is 17.8. The number of benzene rings is 2. The zero-order valence-corrected chi connectivity index (χ0v) is 14.0. The normalized spacial score (nSPS) is 10.7. The Hall–Kier alpha value is -3.67. The minimum atomic E-state index is -0.223. The van der Waals surface area contributed by atoms with Gasteiger partial charge in [-0.25, -0.2) is 4.98 Å². The summed E-state index contributed by atoms with van der Waals surface area (Å²) in [5.41, 5.74) is 3.03. The van der Waals surface area contributed by atoms with Gasteiger partial charge in [0.1, 0.15) is 17.0 Å². The quantitative estimate of drug-likeness (QED) is 0.601. The number of aromatic nitrogens is 2. The molecule has 0 fully saturated rings. The monoisotopic (exact) mass is 345 g/mol. The summed E-state index contributed by atoms with van der Waals surface area (Å²) < 4.78 is 10.8. The standard InChI is InChI=1S/C20H15N3O3/c1-25-15-8-6-14(7-9-15)22-19(24)13-5-10-18-17(12-13)23-20(26-18)16-4-2-3-11-21-16/h2-12H,1H3,(H,22,24). The highest BCUT2D eigenvalue weighted by molar-refractivity contribution is 6.05. The minimum absolute atomic E-state index is 0.223. The van der Waals surface area contributed by atoms with Crippen LogP contribution in [-0.4, -0.2) is 23.0 Å². The number of hydrogen-bond acceptors (Lipinski definition) is 5. The molecule has 4 aromatic rings. The highest BCUT2D eigenvalue weighted by atomic mass is 16.5. The highest BCUT2D eigenvalue weighted by Crippen LogP contribution is 2.24. The lowest BCUT2D eigenvalue weighted by molar-refractivity contribution is 0.102. The molecule has 0 unspecified atom stereocenters. The minimum Gasteiger partial charge on any atom is -0.497 e. The van der Waals surface area contributed by atoms with Crippen molar-refractivity contribution in [1.82, 2.24) is 9.97 Å². The zero-order chi connectivity index (χ0) is 17.9. The molecule has 128 valence electrons. The third-order valence-electron chi connectivity index (χ3n) is 3.88. The van der Waals surface area contributed by atoms with Crippen LogP contribution < -0.4 is 10.1 Å². The van der Waals surface area contributed by atoms with E-state index < -0.39 is 0 Å². The fourth-order valence-corrected chi connectivity index (χ4v) is 2.55. The molecule has 0 spiro atoms. The summed E-state index contributed by atoms with van der Waals surface area (Å²) in [4.78, 5) is 21.1. The first-order chi connectivity index (χ1) is 12.7. The van der Waals surface area contributed by atoms with Crippen molar-refractivity contribution in [3.8, 4) is 17.3 Å². The van der Waals surface area contributed by atoms with Crippen molar-refractivity contribution in [2.75, 3.05) is 12.4 Å². The van der Waals surface area contributed by atoms with Crippen LogP contribution in [-0.2, 0) is 0 Å². The molecule has 4 rings (SSSR count). The van der Waals surface area contributed by atoms with E-state index >= 15 is 0 Å². The van der Waals surface area contributed by atoms with Crippen LogP contribution in [0.15, 0.2) is 71.3 Å². The van der Waals surface area contributed by atoms with Gasteiger partial charge in [0, 0.05) is 17.4 Å². The molecule has 0 saturated heterocycles. The summed E-state index contributed by atoms with van der Waals surface area (Å²) in [6.07, 6.45) is 1.68. The Morgan fingerprint density at radius 3 is 2.65 bits per heavy atom. The van der Waals surface area contributed by atoms with Gasteiger partial charge in [-0.1, -0.05) is 6.07 Å². The van der Waals surface area contributed by atoms with Gasteiger partial charge in [0.25, 0.3) is 5.91 Å². The SMILES string of the molecule is COc1ccc(NC(=O)c2ccc3oc(-c4ccccn4)nc3c2)cc1. The van der Waals surface area contributed by atoms with Crippen molar-refractivity contribution < 1.29 is 13.9 Å². The second kappa shape index (κ2) is 6.68. The number of pyridine rings is 1. The molecule has 6 nitrogen and oxygen atoms in total. The van der Waals surface area contributed by atoms with E-state index in [4.69, 9.17) is 9.15 Å². The van der Waals surface area contributed by atoms with Gasteiger partial charge in [0.15, 0.2) is 5.58 Å². The Bertz CT molecular complexity index is 1060. The summed E-state index contributed by atoms with van der Waals surface area (Å²) in [5, 5.41) is 2.85. The molecule has 1 amide bonds. The number of amides is 1. The van der Waals surface area contributed by atoms with Crippen molar-refractivity contribution in [2.24, 2.45) is 0 Å². The molecular formula is C20H15N3O3. The Morgan fingerprint density at radius 2 is 1.92 bits per heavy atom. The van der Waals surface area contributed by atoms with E-state index in [9.17, 15) is 4.79 Å². The van der Waals surface area contributed by atoms with E-state index in [1.807, 2.05) is 18.2 Å².